The van der Waals surface area contributed by atoms with Crippen molar-refractivity contribution in [2.24, 2.45) is 0 Å². The number of hydrogen-bond donors (Lipinski definition) is 1. The van der Waals surface area contributed by atoms with E-state index in [1.807, 2.05) is 13.0 Å². The first-order chi connectivity index (χ1) is 11.8. The summed E-state index contributed by atoms with van der Waals surface area (Å²) in [6, 6.07) is 11.5. The molecule has 0 fully saturated rings. The van der Waals surface area contributed by atoms with E-state index in [9.17, 15) is 12.8 Å². The second kappa shape index (κ2) is 6.68. The second-order valence-electron chi connectivity index (χ2n) is 5.89. The van der Waals surface area contributed by atoms with Gasteiger partial charge in [0.1, 0.15) is 5.82 Å². The van der Waals surface area contributed by atoms with Crippen molar-refractivity contribution in [3.05, 3.63) is 77.4 Å². The third-order valence-electron chi connectivity index (χ3n) is 3.80. The van der Waals surface area contributed by atoms with Gasteiger partial charge in [-0.3, -0.25) is 9.40 Å². The molecule has 25 heavy (non-hydrogen) atoms. The maximum Gasteiger partial charge on any atom is 0.262 e. The van der Waals surface area contributed by atoms with Crippen molar-refractivity contribution in [3.63, 3.8) is 0 Å². The Morgan fingerprint density at radius 1 is 1.16 bits per heavy atom. The van der Waals surface area contributed by atoms with Crippen molar-refractivity contribution in [1.29, 1.82) is 0 Å². The monoisotopic (exact) mass is 359 g/mol. The summed E-state index contributed by atoms with van der Waals surface area (Å²) in [7, 11) is -3.71. The van der Waals surface area contributed by atoms with Gasteiger partial charge in [0.25, 0.3) is 10.0 Å². The molecule has 3 aromatic rings. The van der Waals surface area contributed by atoms with Crippen LogP contribution in [0.1, 0.15) is 16.7 Å². The van der Waals surface area contributed by atoms with Crippen molar-refractivity contribution >= 4 is 15.7 Å². The van der Waals surface area contributed by atoms with Crippen molar-refractivity contribution in [2.75, 3.05) is 4.72 Å². The van der Waals surface area contributed by atoms with Crippen molar-refractivity contribution in [2.45, 2.75) is 25.3 Å². The van der Waals surface area contributed by atoms with Gasteiger partial charge < -0.3 is 0 Å². The summed E-state index contributed by atoms with van der Waals surface area (Å²) in [5.74, 6) is -0.324. The van der Waals surface area contributed by atoms with Crippen LogP contribution >= 0.6 is 0 Å². The van der Waals surface area contributed by atoms with Crippen LogP contribution in [0.15, 0.2) is 59.8 Å². The predicted octanol–water partition coefficient (Wildman–Crippen LogP) is 3.49. The molecule has 0 atom stereocenters. The fourth-order valence-corrected chi connectivity index (χ4v) is 3.87. The molecule has 2 aromatic carbocycles. The topological polar surface area (TPSA) is 64.0 Å². The van der Waals surface area contributed by atoms with Crippen LogP contribution in [0, 0.1) is 19.7 Å². The van der Waals surface area contributed by atoms with E-state index in [4.69, 9.17) is 0 Å². The molecule has 0 saturated heterocycles. The summed E-state index contributed by atoms with van der Waals surface area (Å²) in [5.41, 5.74) is 2.48. The summed E-state index contributed by atoms with van der Waals surface area (Å²) < 4.78 is 42.8. The Morgan fingerprint density at radius 3 is 2.64 bits per heavy atom. The van der Waals surface area contributed by atoms with Gasteiger partial charge >= 0.3 is 0 Å². The molecular weight excluding hydrogens is 341 g/mol. The highest BCUT2D eigenvalue weighted by Crippen LogP contribution is 2.20. The number of nitrogens with one attached hydrogen (secondary N) is 1. The van der Waals surface area contributed by atoms with Gasteiger partial charge in [0.15, 0.2) is 0 Å². The molecule has 5 nitrogen and oxygen atoms in total. The Kier molecular flexibility index (Phi) is 4.59. The van der Waals surface area contributed by atoms with E-state index in [0.29, 0.717) is 16.8 Å². The minimum absolute atomic E-state index is 0.220. The number of benzene rings is 2. The first kappa shape index (κ1) is 17.2. The molecule has 0 amide bonds. The molecule has 1 aromatic heterocycles. The lowest BCUT2D eigenvalue weighted by Crippen LogP contribution is -2.14. The van der Waals surface area contributed by atoms with Crippen molar-refractivity contribution < 1.29 is 12.8 Å². The summed E-state index contributed by atoms with van der Waals surface area (Å²) in [4.78, 5) is 0.222. The average molecular weight is 359 g/mol. The molecule has 0 aliphatic heterocycles. The quantitative estimate of drug-likeness (QED) is 0.758. The van der Waals surface area contributed by atoms with Crippen LogP contribution in [-0.4, -0.2) is 18.2 Å². The highest BCUT2D eigenvalue weighted by atomic mass is 32.2. The summed E-state index contributed by atoms with van der Waals surface area (Å²) in [6.45, 7) is 3.88. The SMILES string of the molecule is Cc1ccc(S(=O)(=O)Nc2cnn(Cc3ccccc3F)c2)c(C)c1. The average Bonchev–Trinajstić information content (AvgIpc) is 2.95. The minimum atomic E-state index is -3.71. The molecule has 0 radical (unpaired) electrons. The molecule has 0 bridgehead atoms. The van der Waals surface area contributed by atoms with Crippen LogP contribution in [0.4, 0.5) is 10.1 Å². The van der Waals surface area contributed by atoms with Gasteiger partial charge in [-0.2, -0.15) is 5.10 Å². The van der Waals surface area contributed by atoms with Crippen LogP contribution in [0.3, 0.4) is 0 Å². The molecule has 130 valence electrons. The molecule has 0 aliphatic carbocycles. The molecular formula is C18H18FN3O2S. The lowest BCUT2D eigenvalue weighted by molar-refractivity contribution is 0.585. The number of halogens is 1. The number of hydrogen-bond acceptors (Lipinski definition) is 3. The molecule has 0 spiro atoms. The van der Waals surface area contributed by atoms with Gasteiger partial charge in [-0.05, 0) is 31.5 Å². The summed E-state index contributed by atoms with van der Waals surface area (Å²) in [5, 5.41) is 4.09. The second-order valence-corrected chi connectivity index (χ2v) is 7.54. The normalized spacial score (nSPS) is 11.5. The third kappa shape index (κ3) is 3.88. The highest BCUT2D eigenvalue weighted by Gasteiger charge is 2.17. The molecule has 7 heteroatoms. The Balaban J connectivity index is 1.80. The Hall–Kier alpha value is -2.67. The molecule has 3 rings (SSSR count). The van der Waals surface area contributed by atoms with Gasteiger partial charge in [0.05, 0.1) is 23.3 Å². The van der Waals surface area contributed by atoms with Crippen LogP contribution in [0.5, 0.6) is 0 Å². The van der Waals surface area contributed by atoms with Crippen molar-refractivity contribution in [1.82, 2.24) is 9.78 Å². The Bertz CT molecular complexity index is 1010. The number of nitrogens with zero attached hydrogens (tertiary/aromatic N) is 2. The summed E-state index contributed by atoms with van der Waals surface area (Å²) in [6.07, 6.45) is 2.94. The molecule has 1 heterocycles. The fourth-order valence-electron chi connectivity index (χ4n) is 2.61. The lowest BCUT2D eigenvalue weighted by atomic mass is 10.2. The van der Waals surface area contributed by atoms with Crippen LogP contribution in [0.2, 0.25) is 0 Å². The van der Waals surface area contributed by atoms with E-state index in [-0.39, 0.29) is 17.3 Å². The number of sulfonamides is 1. The van der Waals surface area contributed by atoms with E-state index in [0.717, 1.165) is 5.56 Å². The highest BCUT2D eigenvalue weighted by molar-refractivity contribution is 7.92. The number of anilines is 1. The Labute approximate surface area is 146 Å². The zero-order valence-electron chi connectivity index (χ0n) is 13.9. The smallest absolute Gasteiger partial charge is 0.262 e. The third-order valence-corrected chi connectivity index (χ3v) is 5.34. The molecule has 1 N–H and O–H groups in total. The van der Waals surface area contributed by atoms with Gasteiger partial charge in [0.2, 0.25) is 0 Å². The number of aromatic nitrogens is 2. The van der Waals surface area contributed by atoms with Gasteiger partial charge in [-0.15, -0.1) is 0 Å². The molecule has 0 unspecified atom stereocenters. The van der Waals surface area contributed by atoms with E-state index in [1.165, 1.54) is 23.1 Å². The standard InChI is InChI=1S/C18H18FN3O2S/c1-13-7-8-18(14(2)9-13)25(23,24)21-16-10-20-22(12-16)11-15-5-3-4-6-17(15)19/h3-10,12,21H,11H2,1-2H3. The zero-order valence-corrected chi connectivity index (χ0v) is 14.7. The zero-order chi connectivity index (χ0) is 18.0. The van der Waals surface area contributed by atoms with E-state index in [2.05, 4.69) is 9.82 Å². The number of aryl methyl sites for hydroxylation is 2. The lowest BCUT2D eigenvalue weighted by Gasteiger charge is -2.09. The van der Waals surface area contributed by atoms with Crippen LogP contribution in [-0.2, 0) is 16.6 Å². The first-order valence-corrected chi connectivity index (χ1v) is 9.19. The first-order valence-electron chi connectivity index (χ1n) is 7.71. The predicted molar refractivity (Wildman–Crippen MR) is 94.5 cm³/mol. The largest absolute Gasteiger partial charge is 0.276 e. The Morgan fingerprint density at radius 2 is 1.92 bits per heavy atom. The molecule has 0 saturated carbocycles. The van der Waals surface area contributed by atoms with Gasteiger partial charge in [0, 0.05) is 11.8 Å². The van der Waals surface area contributed by atoms with Gasteiger partial charge in [-0.1, -0.05) is 35.9 Å². The maximum absolute atomic E-state index is 13.7. The van der Waals surface area contributed by atoms with E-state index >= 15 is 0 Å². The number of rotatable bonds is 5. The summed E-state index contributed by atoms with van der Waals surface area (Å²) >= 11 is 0. The van der Waals surface area contributed by atoms with E-state index in [1.54, 1.807) is 37.3 Å². The molecule has 0 aliphatic rings. The maximum atomic E-state index is 13.7. The van der Waals surface area contributed by atoms with Crippen LogP contribution < -0.4 is 4.72 Å². The fraction of sp³-hybridized carbons (Fsp3) is 0.167. The minimum Gasteiger partial charge on any atom is -0.276 e. The van der Waals surface area contributed by atoms with Crippen molar-refractivity contribution in [3.8, 4) is 0 Å². The van der Waals surface area contributed by atoms with Gasteiger partial charge in [-0.25, -0.2) is 12.8 Å². The van der Waals surface area contributed by atoms with Crippen LogP contribution in [0.25, 0.3) is 0 Å². The van der Waals surface area contributed by atoms with E-state index < -0.39 is 10.0 Å².